The predicted molar refractivity (Wildman–Crippen MR) is 104 cm³/mol. The number of rotatable bonds is 5. The van der Waals surface area contributed by atoms with Crippen molar-refractivity contribution < 1.29 is 5.11 Å². The van der Waals surface area contributed by atoms with Crippen LogP contribution in [0.4, 0.5) is 5.95 Å². The Bertz CT molecular complexity index is 1130. The van der Waals surface area contributed by atoms with Gasteiger partial charge in [-0.2, -0.15) is 10.1 Å². The van der Waals surface area contributed by atoms with Gasteiger partial charge in [-0.3, -0.25) is 9.78 Å². The fourth-order valence-corrected chi connectivity index (χ4v) is 2.95. The summed E-state index contributed by atoms with van der Waals surface area (Å²) in [7, 11) is 0. The SMILES string of the molecule is Cc1cccc(C(O)CNc2nc3c(cnn3-c3ccccc3)c(=O)[nH]2)c1. The average molecular weight is 361 g/mol. The van der Waals surface area contributed by atoms with Crippen molar-refractivity contribution in [3.8, 4) is 5.69 Å². The number of hydrogen-bond donors (Lipinski definition) is 3. The molecule has 0 aliphatic rings. The minimum atomic E-state index is -0.718. The summed E-state index contributed by atoms with van der Waals surface area (Å²) in [6.07, 6.45) is 0.782. The van der Waals surface area contributed by atoms with Crippen molar-refractivity contribution in [3.05, 3.63) is 82.3 Å². The number of aromatic amines is 1. The van der Waals surface area contributed by atoms with Gasteiger partial charge in [0, 0.05) is 6.54 Å². The maximum Gasteiger partial charge on any atom is 0.263 e. The second-order valence-electron chi connectivity index (χ2n) is 6.35. The number of aliphatic hydroxyl groups excluding tert-OH is 1. The number of fused-ring (bicyclic) bond motifs is 1. The van der Waals surface area contributed by atoms with Gasteiger partial charge in [0.15, 0.2) is 5.65 Å². The van der Waals surface area contributed by atoms with Gasteiger partial charge >= 0.3 is 0 Å². The lowest BCUT2D eigenvalue weighted by molar-refractivity contribution is 0.191. The smallest absolute Gasteiger partial charge is 0.263 e. The normalized spacial score (nSPS) is 12.2. The van der Waals surface area contributed by atoms with Gasteiger partial charge in [-0.25, -0.2) is 4.68 Å². The number of nitrogens with one attached hydrogen (secondary N) is 2. The standard InChI is InChI=1S/C20H19N5O2/c1-13-6-5-7-14(10-13)17(26)12-21-20-23-18-16(19(27)24-20)11-22-25(18)15-8-3-2-4-9-15/h2-11,17,26H,12H2,1H3,(H2,21,23,24,27). The highest BCUT2D eigenvalue weighted by atomic mass is 16.3. The number of benzene rings is 2. The molecule has 136 valence electrons. The Kier molecular flexibility index (Phi) is 4.43. The number of H-pyrrole nitrogens is 1. The zero-order valence-electron chi connectivity index (χ0n) is 14.8. The second kappa shape index (κ2) is 7.05. The molecule has 0 aliphatic carbocycles. The van der Waals surface area contributed by atoms with E-state index in [1.807, 2.05) is 61.5 Å². The molecule has 2 aromatic carbocycles. The predicted octanol–water partition coefficient (Wildman–Crippen LogP) is 2.56. The first-order valence-corrected chi connectivity index (χ1v) is 8.64. The molecule has 4 rings (SSSR count). The first-order chi connectivity index (χ1) is 13.1. The Morgan fingerprint density at radius 1 is 1.19 bits per heavy atom. The molecule has 0 aliphatic heterocycles. The maximum absolute atomic E-state index is 12.4. The number of para-hydroxylation sites is 1. The number of aliphatic hydroxyl groups is 1. The van der Waals surface area contributed by atoms with E-state index in [0.29, 0.717) is 11.0 Å². The van der Waals surface area contributed by atoms with Crippen molar-refractivity contribution in [2.45, 2.75) is 13.0 Å². The minimum absolute atomic E-state index is 0.220. The van der Waals surface area contributed by atoms with E-state index in [2.05, 4.69) is 20.4 Å². The minimum Gasteiger partial charge on any atom is -0.387 e. The average Bonchev–Trinajstić information content (AvgIpc) is 3.11. The van der Waals surface area contributed by atoms with Crippen LogP contribution in [0, 0.1) is 6.92 Å². The van der Waals surface area contributed by atoms with Crippen LogP contribution in [-0.2, 0) is 0 Å². The third kappa shape index (κ3) is 3.45. The lowest BCUT2D eigenvalue weighted by Gasteiger charge is -2.13. The number of aryl methyl sites for hydroxylation is 1. The summed E-state index contributed by atoms with van der Waals surface area (Å²) in [5.74, 6) is 0.289. The second-order valence-corrected chi connectivity index (χ2v) is 6.35. The molecule has 27 heavy (non-hydrogen) atoms. The van der Waals surface area contributed by atoms with Gasteiger partial charge < -0.3 is 10.4 Å². The number of aromatic nitrogens is 4. The van der Waals surface area contributed by atoms with E-state index in [9.17, 15) is 9.90 Å². The molecule has 1 unspecified atom stereocenters. The molecular weight excluding hydrogens is 342 g/mol. The van der Waals surface area contributed by atoms with Crippen LogP contribution in [-0.4, -0.2) is 31.4 Å². The fourth-order valence-electron chi connectivity index (χ4n) is 2.95. The van der Waals surface area contributed by atoms with Gasteiger partial charge in [-0.05, 0) is 24.6 Å². The summed E-state index contributed by atoms with van der Waals surface area (Å²) in [6.45, 7) is 2.19. The zero-order valence-corrected chi connectivity index (χ0v) is 14.8. The number of anilines is 1. The first kappa shape index (κ1) is 17.0. The molecule has 0 saturated carbocycles. The van der Waals surface area contributed by atoms with Crippen LogP contribution in [0.3, 0.4) is 0 Å². The van der Waals surface area contributed by atoms with Gasteiger partial charge in [0.1, 0.15) is 5.39 Å². The molecule has 7 heteroatoms. The van der Waals surface area contributed by atoms with Crippen molar-refractivity contribution in [2.24, 2.45) is 0 Å². The Labute approximate surface area is 155 Å². The molecule has 3 N–H and O–H groups in total. The van der Waals surface area contributed by atoms with Crippen LogP contribution in [0.25, 0.3) is 16.7 Å². The molecule has 0 spiro atoms. The topological polar surface area (TPSA) is 95.8 Å². The Morgan fingerprint density at radius 2 is 2.00 bits per heavy atom. The Hall–Kier alpha value is -3.45. The number of nitrogens with zero attached hydrogens (tertiary/aromatic N) is 3. The molecule has 0 saturated heterocycles. The highest BCUT2D eigenvalue weighted by Crippen LogP contribution is 2.17. The molecule has 0 amide bonds. The summed E-state index contributed by atoms with van der Waals surface area (Å²) in [5.41, 5.74) is 2.87. The molecular formula is C20H19N5O2. The van der Waals surface area contributed by atoms with Crippen LogP contribution in [0.15, 0.2) is 65.6 Å². The van der Waals surface area contributed by atoms with Crippen molar-refractivity contribution in [3.63, 3.8) is 0 Å². The van der Waals surface area contributed by atoms with Crippen LogP contribution in [0.2, 0.25) is 0 Å². The summed E-state index contributed by atoms with van der Waals surface area (Å²) in [6, 6.07) is 17.2. The maximum atomic E-state index is 12.4. The van der Waals surface area contributed by atoms with Crippen molar-refractivity contribution >= 4 is 17.0 Å². The van der Waals surface area contributed by atoms with Crippen LogP contribution in [0.5, 0.6) is 0 Å². The molecule has 1 atom stereocenters. The van der Waals surface area contributed by atoms with E-state index in [4.69, 9.17) is 0 Å². The van der Waals surface area contributed by atoms with E-state index in [0.717, 1.165) is 16.8 Å². The van der Waals surface area contributed by atoms with Gasteiger partial charge in [-0.15, -0.1) is 0 Å². The van der Waals surface area contributed by atoms with Crippen molar-refractivity contribution in [1.29, 1.82) is 0 Å². The van der Waals surface area contributed by atoms with E-state index in [-0.39, 0.29) is 18.1 Å². The summed E-state index contributed by atoms with van der Waals surface area (Å²) >= 11 is 0. The molecule has 0 fully saturated rings. The van der Waals surface area contributed by atoms with Crippen LogP contribution < -0.4 is 10.9 Å². The molecule has 0 bridgehead atoms. The molecule has 2 heterocycles. The summed E-state index contributed by atoms with van der Waals surface area (Å²) in [4.78, 5) is 19.5. The third-order valence-corrected chi connectivity index (χ3v) is 4.33. The molecule has 7 nitrogen and oxygen atoms in total. The molecule has 0 radical (unpaired) electrons. The summed E-state index contributed by atoms with van der Waals surface area (Å²) in [5, 5.41) is 18.1. The van der Waals surface area contributed by atoms with E-state index in [1.54, 1.807) is 4.68 Å². The van der Waals surface area contributed by atoms with E-state index < -0.39 is 6.10 Å². The zero-order chi connectivity index (χ0) is 18.8. The number of hydrogen-bond acceptors (Lipinski definition) is 5. The summed E-state index contributed by atoms with van der Waals surface area (Å²) < 4.78 is 1.62. The lowest BCUT2D eigenvalue weighted by Crippen LogP contribution is -2.18. The van der Waals surface area contributed by atoms with Crippen LogP contribution in [0.1, 0.15) is 17.2 Å². The highest BCUT2D eigenvalue weighted by molar-refractivity contribution is 5.76. The van der Waals surface area contributed by atoms with E-state index >= 15 is 0 Å². The van der Waals surface area contributed by atoms with Gasteiger partial charge in [0.05, 0.1) is 18.0 Å². The van der Waals surface area contributed by atoms with Crippen molar-refractivity contribution in [2.75, 3.05) is 11.9 Å². The molecule has 2 aromatic heterocycles. The molecule has 4 aromatic rings. The first-order valence-electron chi connectivity index (χ1n) is 8.64. The fraction of sp³-hybridized carbons (Fsp3) is 0.150. The Balaban J connectivity index is 1.62. The monoisotopic (exact) mass is 361 g/mol. The largest absolute Gasteiger partial charge is 0.387 e. The van der Waals surface area contributed by atoms with Crippen LogP contribution >= 0.6 is 0 Å². The highest BCUT2D eigenvalue weighted by Gasteiger charge is 2.13. The van der Waals surface area contributed by atoms with Crippen molar-refractivity contribution in [1.82, 2.24) is 19.7 Å². The third-order valence-electron chi connectivity index (χ3n) is 4.33. The van der Waals surface area contributed by atoms with Gasteiger partial charge in [0.25, 0.3) is 5.56 Å². The van der Waals surface area contributed by atoms with Gasteiger partial charge in [-0.1, -0.05) is 48.0 Å². The lowest BCUT2D eigenvalue weighted by atomic mass is 10.1. The van der Waals surface area contributed by atoms with Gasteiger partial charge in [0.2, 0.25) is 5.95 Å². The quantitative estimate of drug-likeness (QED) is 0.508. The Morgan fingerprint density at radius 3 is 2.78 bits per heavy atom. The van der Waals surface area contributed by atoms with E-state index in [1.165, 1.54) is 6.20 Å².